The number of amides is 1. The summed E-state index contributed by atoms with van der Waals surface area (Å²) in [7, 11) is 0. The van der Waals surface area contributed by atoms with Crippen LogP contribution in [0, 0.1) is 11.6 Å². The van der Waals surface area contributed by atoms with E-state index in [4.69, 9.17) is 4.52 Å². The van der Waals surface area contributed by atoms with Gasteiger partial charge in [0.2, 0.25) is 5.91 Å². The maximum atomic E-state index is 13.6. The minimum absolute atomic E-state index is 0.0499. The van der Waals surface area contributed by atoms with E-state index in [9.17, 15) is 13.6 Å². The van der Waals surface area contributed by atoms with Crippen molar-refractivity contribution in [1.82, 2.24) is 19.6 Å². The number of carbonyl (C=O) groups is 1. The van der Waals surface area contributed by atoms with E-state index in [-0.39, 0.29) is 11.9 Å². The third-order valence-corrected chi connectivity index (χ3v) is 4.66. The molecule has 0 bridgehead atoms. The lowest BCUT2D eigenvalue weighted by Gasteiger charge is -2.29. The Morgan fingerprint density at radius 3 is 2.88 bits per heavy atom. The van der Waals surface area contributed by atoms with Gasteiger partial charge in [-0.05, 0) is 25.1 Å². The number of aromatic nitrogens is 3. The van der Waals surface area contributed by atoms with Crippen LogP contribution in [-0.2, 0) is 17.8 Å². The van der Waals surface area contributed by atoms with Crippen LogP contribution in [0.15, 0.2) is 41.4 Å². The van der Waals surface area contributed by atoms with E-state index in [2.05, 4.69) is 10.1 Å². The Kier molecular flexibility index (Phi) is 4.02. The summed E-state index contributed by atoms with van der Waals surface area (Å²) in [6.45, 7) is 2.63. The zero-order valence-corrected chi connectivity index (χ0v) is 14.0. The third-order valence-electron chi connectivity index (χ3n) is 4.66. The molecule has 3 heterocycles. The molecule has 0 saturated heterocycles. The monoisotopic (exact) mass is 358 g/mol. The number of halogens is 2. The SMILES string of the molecule is C[C@@H](C(=O)N1CCc2onc(-c3ccc(F)c(F)c3)c2C1)n1ccnc1. The van der Waals surface area contributed by atoms with Crippen molar-refractivity contribution >= 4 is 5.91 Å². The Balaban J connectivity index is 1.61. The molecule has 3 aromatic rings. The molecule has 4 rings (SSSR count). The lowest BCUT2D eigenvalue weighted by atomic mass is 10.0. The molecule has 2 aromatic heterocycles. The first-order valence-corrected chi connectivity index (χ1v) is 8.23. The van der Waals surface area contributed by atoms with Crippen LogP contribution in [0.4, 0.5) is 8.78 Å². The lowest BCUT2D eigenvalue weighted by Crippen LogP contribution is -2.39. The molecule has 1 aliphatic heterocycles. The Labute approximate surface area is 148 Å². The average Bonchev–Trinajstić information content (AvgIpc) is 3.32. The Hall–Kier alpha value is -3.03. The van der Waals surface area contributed by atoms with Gasteiger partial charge in [0.1, 0.15) is 17.5 Å². The van der Waals surface area contributed by atoms with Crippen LogP contribution >= 0.6 is 0 Å². The third kappa shape index (κ3) is 2.77. The number of carbonyl (C=O) groups excluding carboxylic acids is 1. The highest BCUT2D eigenvalue weighted by molar-refractivity contribution is 5.80. The van der Waals surface area contributed by atoms with Crippen LogP contribution in [0.25, 0.3) is 11.3 Å². The van der Waals surface area contributed by atoms with Crippen molar-refractivity contribution in [1.29, 1.82) is 0 Å². The topological polar surface area (TPSA) is 64.2 Å². The summed E-state index contributed by atoms with van der Waals surface area (Å²) in [5.74, 6) is -1.25. The largest absolute Gasteiger partial charge is 0.360 e. The fourth-order valence-electron chi connectivity index (χ4n) is 3.16. The summed E-state index contributed by atoms with van der Waals surface area (Å²) in [4.78, 5) is 18.5. The first kappa shape index (κ1) is 16.4. The second-order valence-electron chi connectivity index (χ2n) is 6.26. The molecule has 0 saturated carbocycles. The molecule has 6 nitrogen and oxygen atoms in total. The van der Waals surface area contributed by atoms with Gasteiger partial charge in [-0.2, -0.15) is 0 Å². The van der Waals surface area contributed by atoms with Crippen molar-refractivity contribution in [3.05, 3.63) is 59.9 Å². The van der Waals surface area contributed by atoms with Crippen LogP contribution < -0.4 is 0 Å². The first-order chi connectivity index (χ1) is 12.5. The second kappa shape index (κ2) is 6.36. The summed E-state index contributed by atoms with van der Waals surface area (Å²) in [5, 5.41) is 4.01. The molecule has 0 radical (unpaired) electrons. The van der Waals surface area contributed by atoms with E-state index in [1.165, 1.54) is 6.07 Å². The highest BCUT2D eigenvalue weighted by Gasteiger charge is 2.30. The predicted molar refractivity (Wildman–Crippen MR) is 87.9 cm³/mol. The van der Waals surface area contributed by atoms with Gasteiger partial charge in [-0.3, -0.25) is 4.79 Å². The molecule has 26 heavy (non-hydrogen) atoms. The molecule has 1 amide bonds. The van der Waals surface area contributed by atoms with E-state index in [0.29, 0.717) is 36.5 Å². The van der Waals surface area contributed by atoms with Crippen molar-refractivity contribution in [2.45, 2.75) is 25.9 Å². The first-order valence-electron chi connectivity index (χ1n) is 8.23. The van der Waals surface area contributed by atoms with Crippen LogP contribution in [0.5, 0.6) is 0 Å². The van der Waals surface area contributed by atoms with Gasteiger partial charge in [-0.15, -0.1) is 0 Å². The zero-order valence-electron chi connectivity index (χ0n) is 14.0. The predicted octanol–water partition coefficient (Wildman–Crippen LogP) is 2.96. The summed E-state index contributed by atoms with van der Waals surface area (Å²) in [5.41, 5.74) is 1.59. The Morgan fingerprint density at radius 1 is 1.31 bits per heavy atom. The molecular formula is C18H16F2N4O2. The van der Waals surface area contributed by atoms with Crippen LogP contribution in [0.2, 0.25) is 0 Å². The molecule has 0 unspecified atom stereocenters. The van der Waals surface area contributed by atoms with Crippen molar-refractivity contribution < 1.29 is 18.1 Å². The van der Waals surface area contributed by atoms with Crippen molar-refractivity contribution in [2.24, 2.45) is 0 Å². The average molecular weight is 358 g/mol. The van der Waals surface area contributed by atoms with Gasteiger partial charge in [0.05, 0.1) is 12.9 Å². The number of fused-ring (bicyclic) bond motifs is 1. The van der Waals surface area contributed by atoms with E-state index < -0.39 is 11.6 Å². The molecule has 1 aliphatic rings. The molecule has 1 aromatic carbocycles. The highest BCUT2D eigenvalue weighted by atomic mass is 19.2. The van der Waals surface area contributed by atoms with Crippen LogP contribution in [0.3, 0.4) is 0 Å². The van der Waals surface area contributed by atoms with E-state index >= 15 is 0 Å². The van der Waals surface area contributed by atoms with Gasteiger partial charge < -0.3 is 14.0 Å². The fourth-order valence-corrected chi connectivity index (χ4v) is 3.16. The van der Waals surface area contributed by atoms with Crippen LogP contribution in [-0.4, -0.2) is 32.1 Å². The summed E-state index contributed by atoms with van der Waals surface area (Å²) in [6, 6.07) is 3.21. The molecule has 1 atom stereocenters. The normalized spacial score (nSPS) is 15.0. The van der Waals surface area contributed by atoms with Crippen molar-refractivity contribution in [2.75, 3.05) is 6.54 Å². The number of rotatable bonds is 3. The zero-order chi connectivity index (χ0) is 18.3. The minimum Gasteiger partial charge on any atom is -0.360 e. The summed E-state index contributed by atoms with van der Waals surface area (Å²) < 4.78 is 33.8. The smallest absolute Gasteiger partial charge is 0.245 e. The van der Waals surface area contributed by atoms with Gasteiger partial charge in [0.15, 0.2) is 11.6 Å². The maximum absolute atomic E-state index is 13.6. The van der Waals surface area contributed by atoms with Gasteiger partial charge in [0.25, 0.3) is 0 Å². The van der Waals surface area contributed by atoms with Gasteiger partial charge in [0, 0.05) is 36.5 Å². The molecule has 0 aliphatic carbocycles. The summed E-state index contributed by atoms with van der Waals surface area (Å²) in [6.07, 6.45) is 5.49. The second-order valence-corrected chi connectivity index (χ2v) is 6.26. The molecule has 134 valence electrons. The number of benzene rings is 1. The van der Waals surface area contributed by atoms with Gasteiger partial charge in [-0.25, -0.2) is 13.8 Å². The van der Waals surface area contributed by atoms with E-state index in [1.807, 2.05) is 6.92 Å². The lowest BCUT2D eigenvalue weighted by molar-refractivity contribution is -0.135. The molecule has 0 fully saturated rings. The van der Waals surface area contributed by atoms with Gasteiger partial charge in [-0.1, -0.05) is 5.16 Å². The quantitative estimate of drug-likeness (QED) is 0.722. The molecule has 0 N–H and O–H groups in total. The number of hydrogen-bond acceptors (Lipinski definition) is 4. The number of nitrogens with zero attached hydrogens (tertiary/aromatic N) is 4. The fraction of sp³-hybridized carbons (Fsp3) is 0.278. The van der Waals surface area contributed by atoms with Crippen molar-refractivity contribution in [3.63, 3.8) is 0 Å². The molecular weight excluding hydrogens is 342 g/mol. The highest BCUT2D eigenvalue weighted by Crippen LogP contribution is 2.31. The van der Waals surface area contributed by atoms with Gasteiger partial charge >= 0.3 is 0 Å². The van der Waals surface area contributed by atoms with Crippen molar-refractivity contribution in [3.8, 4) is 11.3 Å². The Bertz CT molecular complexity index is 952. The Morgan fingerprint density at radius 2 is 2.15 bits per heavy atom. The summed E-state index contributed by atoms with van der Waals surface area (Å²) >= 11 is 0. The standard InChI is InChI=1S/C18H16F2N4O2/c1-11(24-7-5-21-10-24)18(25)23-6-4-16-13(9-23)17(22-26-16)12-2-3-14(19)15(20)8-12/h2-3,5,7-8,10-11H,4,6,9H2,1H3/t11-/m0/s1. The number of hydrogen-bond donors (Lipinski definition) is 0. The molecule has 0 spiro atoms. The number of imidazole rings is 1. The van der Waals surface area contributed by atoms with E-state index in [1.54, 1.807) is 28.2 Å². The minimum atomic E-state index is -0.947. The maximum Gasteiger partial charge on any atom is 0.245 e. The molecule has 8 heteroatoms. The van der Waals surface area contributed by atoms with E-state index in [0.717, 1.165) is 17.7 Å². The van der Waals surface area contributed by atoms with Crippen LogP contribution in [0.1, 0.15) is 24.3 Å².